The number of carbonyl (C=O) groups is 3. The van der Waals surface area contributed by atoms with E-state index < -0.39 is 40.3 Å². The third-order valence-corrected chi connectivity index (χ3v) is 8.02. The molecular weight excluding hydrogens is 524 g/mol. The third-order valence-electron chi connectivity index (χ3n) is 4.75. The molecule has 2 aromatic rings. The molecule has 2 atom stereocenters. The average molecular weight is 541 g/mol. The SMILES string of the molecule is CO/N=C(\C(=O)NC1C(=O)N2C(C(=O)O)=C(Sc3nc(=O)c(=O)[nH]n3C)CS[C@H]12)c1csc(N)n1. The number of β-lactam (4-membered cyclic amide) rings is 1. The highest BCUT2D eigenvalue weighted by atomic mass is 32.2. The van der Waals surface area contributed by atoms with E-state index in [1.807, 2.05) is 0 Å². The lowest BCUT2D eigenvalue weighted by molar-refractivity contribution is -0.150. The molecule has 1 unspecified atom stereocenters. The summed E-state index contributed by atoms with van der Waals surface area (Å²) in [5, 5.41) is 19.4. The maximum Gasteiger partial charge on any atom is 0.353 e. The first-order chi connectivity index (χ1) is 16.6. The number of thioether (sulfide) groups is 2. The number of thiazole rings is 1. The van der Waals surface area contributed by atoms with Crippen molar-refractivity contribution in [2.75, 3.05) is 18.6 Å². The fourth-order valence-corrected chi connectivity index (χ4v) is 6.23. The minimum Gasteiger partial charge on any atom is -0.477 e. The third kappa shape index (κ3) is 4.54. The van der Waals surface area contributed by atoms with Crippen LogP contribution in [0, 0.1) is 0 Å². The molecule has 0 aromatic carbocycles. The summed E-state index contributed by atoms with van der Waals surface area (Å²) in [7, 11) is 2.68. The molecule has 2 aromatic heterocycles. The van der Waals surface area contributed by atoms with Crippen molar-refractivity contribution in [2.45, 2.75) is 16.6 Å². The highest BCUT2D eigenvalue weighted by Crippen LogP contribution is 2.44. The van der Waals surface area contributed by atoms with E-state index in [-0.39, 0.29) is 38.0 Å². The van der Waals surface area contributed by atoms with E-state index in [1.165, 1.54) is 36.0 Å². The van der Waals surface area contributed by atoms with Gasteiger partial charge in [0.2, 0.25) is 0 Å². The van der Waals surface area contributed by atoms with Gasteiger partial charge in [0, 0.05) is 23.1 Å². The zero-order chi connectivity index (χ0) is 25.4. The van der Waals surface area contributed by atoms with Crippen LogP contribution < -0.4 is 22.2 Å². The number of carbonyl (C=O) groups excluding carboxylic acids is 2. The molecule has 0 radical (unpaired) electrons. The van der Waals surface area contributed by atoms with Crippen molar-refractivity contribution in [3.8, 4) is 0 Å². The second kappa shape index (κ2) is 9.55. The Labute approximate surface area is 207 Å². The fraction of sp³-hybridized carbons (Fsp3) is 0.294. The summed E-state index contributed by atoms with van der Waals surface area (Å²) in [6, 6.07) is -1.03. The summed E-state index contributed by atoms with van der Waals surface area (Å²) in [6.45, 7) is 0. The van der Waals surface area contributed by atoms with Gasteiger partial charge in [-0.3, -0.25) is 33.9 Å². The van der Waals surface area contributed by atoms with Crippen LogP contribution in [-0.2, 0) is 26.3 Å². The first-order valence-electron chi connectivity index (χ1n) is 9.52. The van der Waals surface area contributed by atoms with E-state index in [9.17, 15) is 29.1 Å². The molecule has 15 nitrogen and oxygen atoms in total. The second-order valence-electron chi connectivity index (χ2n) is 6.93. The summed E-state index contributed by atoms with van der Waals surface area (Å²) in [4.78, 5) is 74.5. The Morgan fingerprint density at radius 2 is 2.11 bits per heavy atom. The van der Waals surface area contributed by atoms with Gasteiger partial charge in [0.1, 0.15) is 29.9 Å². The molecule has 1 fully saturated rings. The van der Waals surface area contributed by atoms with E-state index >= 15 is 0 Å². The molecule has 0 spiro atoms. The van der Waals surface area contributed by atoms with Gasteiger partial charge in [-0.25, -0.2) is 9.78 Å². The number of nitrogens with two attached hydrogens (primary N) is 1. The van der Waals surface area contributed by atoms with Crippen LogP contribution in [0.1, 0.15) is 5.69 Å². The van der Waals surface area contributed by atoms with Gasteiger partial charge < -0.3 is 21.0 Å². The number of aliphatic carboxylic acids is 1. The molecule has 4 rings (SSSR count). The maximum atomic E-state index is 12.9. The molecule has 2 amide bonds. The zero-order valence-corrected chi connectivity index (χ0v) is 20.3. The van der Waals surface area contributed by atoms with E-state index in [0.29, 0.717) is 0 Å². The number of hydrogen-bond acceptors (Lipinski definition) is 13. The van der Waals surface area contributed by atoms with Crippen LogP contribution in [0.2, 0.25) is 0 Å². The van der Waals surface area contributed by atoms with E-state index in [2.05, 4.69) is 25.5 Å². The molecule has 184 valence electrons. The van der Waals surface area contributed by atoms with Crippen LogP contribution >= 0.6 is 34.9 Å². The lowest BCUT2D eigenvalue weighted by Crippen LogP contribution is -2.71. The lowest BCUT2D eigenvalue weighted by atomic mass is 10.0. The molecule has 18 heteroatoms. The number of aromatic amines is 1. The summed E-state index contributed by atoms with van der Waals surface area (Å²) >= 11 is 3.14. The average Bonchev–Trinajstić information content (AvgIpc) is 3.24. The van der Waals surface area contributed by atoms with Crippen LogP contribution in [0.25, 0.3) is 0 Å². The Morgan fingerprint density at radius 3 is 2.74 bits per heavy atom. The number of nitrogens with one attached hydrogen (secondary N) is 2. The fourth-order valence-electron chi connectivity index (χ4n) is 3.23. The standard InChI is InChI=1S/C17H16N8O7S3/c1-24-17(21-11(27)12(28)22-24)35-6-4-33-14-8(13(29)25(14)9(6)15(30)31)20-10(26)7(23-32-2)5-3-34-16(18)19-5/h3,8,14H,4H2,1-2H3,(H2,18,19)(H,20,26)(H,22,28)(H,30,31)/b23-7-/t8?,14-/m1/s1. The first-order valence-corrected chi connectivity index (χ1v) is 12.3. The van der Waals surface area contributed by atoms with Gasteiger partial charge in [-0.15, -0.1) is 23.1 Å². The normalized spacial score (nSPS) is 19.8. The number of aromatic nitrogens is 4. The predicted octanol–water partition coefficient (Wildman–Crippen LogP) is -1.65. The van der Waals surface area contributed by atoms with Crippen molar-refractivity contribution in [1.29, 1.82) is 0 Å². The molecular formula is C17H16N8O7S3. The van der Waals surface area contributed by atoms with Crippen molar-refractivity contribution in [1.82, 2.24) is 30.0 Å². The molecule has 35 heavy (non-hydrogen) atoms. The quantitative estimate of drug-likeness (QED) is 0.134. The first kappa shape index (κ1) is 24.5. The molecule has 5 N–H and O–H groups in total. The minimum atomic E-state index is -1.37. The van der Waals surface area contributed by atoms with Crippen molar-refractivity contribution < 1.29 is 24.3 Å². The highest BCUT2D eigenvalue weighted by molar-refractivity contribution is 8.06. The number of rotatable bonds is 7. The number of anilines is 1. The van der Waals surface area contributed by atoms with Crippen LogP contribution in [-0.4, -0.2) is 77.5 Å². The van der Waals surface area contributed by atoms with Gasteiger partial charge in [0.25, 0.3) is 11.8 Å². The number of hydrogen-bond donors (Lipinski definition) is 4. The van der Waals surface area contributed by atoms with Gasteiger partial charge >= 0.3 is 17.1 Å². The Kier molecular flexibility index (Phi) is 6.68. The number of nitrogens with zero attached hydrogens (tertiary/aromatic N) is 5. The predicted molar refractivity (Wildman–Crippen MR) is 126 cm³/mol. The van der Waals surface area contributed by atoms with Gasteiger partial charge in [-0.2, -0.15) is 4.98 Å². The van der Waals surface area contributed by atoms with E-state index in [4.69, 9.17) is 10.6 Å². The van der Waals surface area contributed by atoms with E-state index in [1.54, 1.807) is 0 Å². The highest BCUT2D eigenvalue weighted by Gasteiger charge is 2.54. The monoisotopic (exact) mass is 540 g/mol. The number of amides is 2. The number of fused-ring (bicyclic) bond motifs is 1. The van der Waals surface area contributed by atoms with Crippen LogP contribution in [0.15, 0.2) is 35.9 Å². The Bertz CT molecular complexity index is 1410. The number of oxime groups is 1. The largest absolute Gasteiger partial charge is 0.477 e. The topological polar surface area (TPSA) is 215 Å². The number of H-pyrrole nitrogens is 1. The molecule has 0 saturated carbocycles. The molecule has 2 aliphatic heterocycles. The van der Waals surface area contributed by atoms with Gasteiger partial charge in [-0.1, -0.05) is 16.9 Å². The number of aryl methyl sites for hydroxylation is 1. The molecule has 0 aliphatic carbocycles. The Hall–Kier alpha value is -3.64. The summed E-state index contributed by atoms with van der Waals surface area (Å²) < 4.78 is 1.18. The Balaban J connectivity index is 1.57. The molecule has 0 bridgehead atoms. The number of carboxylic acids is 1. The van der Waals surface area contributed by atoms with E-state index in [0.717, 1.165) is 28.0 Å². The van der Waals surface area contributed by atoms with Crippen LogP contribution in [0.3, 0.4) is 0 Å². The number of carboxylic acid groups (broad SMARTS) is 1. The van der Waals surface area contributed by atoms with Crippen molar-refractivity contribution >= 4 is 63.5 Å². The smallest absolute Gasteiger partial charge is 0.353 e. The summed E-state index contributed by atoms with van der Waals surface area (Å²) in [5.41, 5.74) is 3.34. The summed E-state index contributed by atoms with van der Waals surface area (Å²) in [5.74, 6) is -2.62. The van der Waals surface area contributed by atoms with Gasteiger partial charge in [0.05, 0.1) is 0 Å². The Morgan fingerprint density at radius 1 is 1.37 bits per heavy atom. The van der Waals surface area contributed by atoms with Gasteiger partial charge in [0.15, 0.2) is 16.0 Å². The second-order valence-corrected chi connectivity index (χ2v) is 9.99. The molecule has 2 aliphatic rings. The number of nitrogen functional groups attached to an aromatic ring is 1. The van der Waals surface area contributed by atoms with Crippen molar-refractivity contribution in [3.63, 3.8) is 0 Å². The molecule has 4 heterocycles. The maximum absolute atomic E-state index is 12.9. The zero-order valence-electron chi connectivity index (χ0n) is 17.9. The minimum absolute atomic E-state index is 0.0446. The summed E-state index contributed by atoms with van der Waals surface area (Å²) in [6.07, 6.45) is 0. The van der Waals surface area contributed by atoms with Crippen molar-refractivity contribution in [2.24, 2.45) is 12.2 Å². The van der Waals surface area contributed by atoms with Crippen LogP contribution in [0.4, 0.5) is 5.13 Å². The van der Waals surface area contributed by atoms with Crippen LogP contribution in [0.5, 0.6) is 0 Å². The van der Waals surface area contributed by atoms with Crippen molar-refractivity contribution in [3.05, 3.63) is 42.4 Å². The van der Waals surface area contributed by atoms with Gasteiger partial charge in [-0.05, 0) is 0 Å². The molecule has 1 saturated heterocycles. The lowest BCUT2D eigenvalue weighted by Gasteiger charge is -2.49.